The molecule has 0 atom stereocenters. The number of carboxylic acid groups (broad SMARTS) is 1. The molecule has 0 radical (unpaired) electrons. The fourth-order valence-electron chi connectivity index (χ4n) is 1.87. The van der Waals surface area contributed by atoms with Gasteiger partial charge in [0, 0.05) is 19.6 Å². The Morgan fingerprint density at radius 3 is 2.50 bits per heavy atom. The second-order valence-electron chi connectivity index (χ2n) is 4.41. The summed E-state index contributed by atoms with van der Waals surface area (Å²) in [6, 6.07) is 7.27. The third kappa shape index (κ3) is 3.07. The molecule has 1 aromatic rings. The van der Waals surface area contributed by atoms with Crippen LogP contribution in [0.25, 0.3) is 0 Å². The molecule has 18 heavy (non-hydrogen) atoms. The Labute approximate surface area is 105 Å². The summed E-state index contributed by atoms with van der Waals surface area (Å²) in [7, 11) is 0. The lowest BCUT2D eigenvalue weighted by Crippen LogP contribution is -2.50. The molecule has 0 aromatic heterocycles. The molecule has 1 fully saturated rings. The van der Waals surface area contributed by atoms with Gasteiger partial charge in [-0.15, -0.1) is 0 Å². The molecular weight excluding hydrogens is 232 g/mol. The third-order valence-electron chi connectivity index (χ3n) is 3.07. The van der Waals surface area contributed by atoms with E-state index in [2.05, 4.69) is 10.6 Å². The van der Waals surface area contributed by atoms with Gasteiger partial charge >= 0.3 is 5.97 Å². The maximum Gasteiger partial charge on any atom is 0.307 e. The summed E-state index contributed by atoms with van der Waals surface area (Å²) < 4.78 is 0. The third-order valence-corrected chi connectivity index (χ3v) is 3.07. The SMILES string of the molecule is O=C(O)Cc1ccccc1CNC(=O)C1CNC1. The number of amides is 1. The summed E-state index contributed by atoms with van der Waals surface area (Å²) in [6.07, 6.45) is -0.0168. The van der Waals surface area contributed by atoms with Crippen LogP contribution in [0, 0.1) is 5.92 Å². The van der Waals surface area contributed by atoms with Gasteiger partial charge in [-0.1, -0.05) is 24.3 Å². The van der Waals surface area contributed by atoms with Gasteiger partial charge in [-0.2, -0.15) is 0 Å². The minimum atomic E-state index is -0.864. The van der Waals surface area contributed by atoms with Gasteiger partial charge in [0.2, 0.25) is 5.91 Å². The first-order valence-electron chi connectivity index (χ1n) is 5.94. The van der Waals surface area contributed by atoms with Crippen LogP contribution >= 0.6 is 0 Å². The van der Waals surface area contributed by atoms with Crippen molar-refractivity contribution >= 4 is 11.9 Å². The molecule has 1 aromatic carbocycles. The summed E-state index contributed by atoms with van der Waals surface area (Å²) in [5, 5.41) is 14.7. The Morgan fingerprint density at radius 1 is 1.28 bits per heavy atom. The lowest BCUT2D eigenvalue weighted by atomic mass is 10.0. The minimum absolute atomic E-state index is 0.0168. The summed E-state index contributed by atoms with van der Waals surface area (Å²) in [5.74, 6) is -0.785. The van der Waals surface area contributed by atoms with Crippen LogP contribution in [0.4, 0.5) is 0 Å². The molecular formula is C13H16N2O3. The van der Waals surface area contributed by atoms with Crippen LogP contribution in [0.5, 0.6) is 0 Å². The Kier molecular flexibility index (Phi) is 3.94. The molecule has 0 aliphatic carbocycles. The number of carboxylic acids is 1. The van der Waals surface area contributed by atoms with Crippen molar-refractivity contribution < 1.29 is 14.7 Å². The Morgan fingerprint density at radius 2 is 1.94 bits per heavy atom. The highest BCUT2D eigenvalue weighted by Crippen LogP contribution is 2.10. The Balaban J connectivity index is 1.95. The van der Waals surface area contributed by atoms with Crippen LogP contribution in [0.2, 0.25) is 0 Å². The quantitative estimate of drug-likeness (QED) is 0.693. The van der Waals surface area contributed by atoms with Crippen LogP contribution < -0.4 is 10.6 Å². The molecule has 2 rings (SSSR count). The highest BCUT2D eigenvalue weighted by atomic mass is 16.4. The van der Waals surface area contributed by atoms with Gasteiger partial charge in [-0.3, -0.25) is 9.59 Å². The van der Waals surface area contributed by atoms with E-state index in [0.717, 1.165) is 24.2 Å². The predicted octanol–water partition coefficient (Wildman–Crippen LogP) is 0.149. The molecule has 1 aliphatic heterocycles. The Hall–Kier alpha value is -1.88. The first-order chi connectivity index (χ1) is 8.66. The van der Waals surface area contributed by atoms with Crippen molar-refractivity contribution in [3.63, 3.8) is 0 Å². The van der Waals surface area contributed by atoms with E-state index >= 15 is 0 Å². The van der Waals surface area contributed by atoms with Gasteiger partial charge in [-0.25, -0.2) is 0 Å². The summed E-state index contributed by atoms with van der Waals surface area (Å²) in [5.41, 5.74) is 1.61. The number of carbonyl (C=O) groups excluding carboxylic acids is 1. The highest BCUT2D eigenvalue weighted by Gasteiger charge is 2.24. The zero-order valence-corrected chi connectivity index (χ0v) is 9.98. The zero-order valence-electron chi connectivity index (χ0n) is 9.98. The van der Waals surface area contributed by atoms with Gasteiger partial charge < -0.3 is 15.7 Å². The fraction of sp³-hybridized carbons (Fsp3) is 0.385. The molecule has 1 heterocycles. The maximum atomic E-state index is 11.7. The molecule has 5 heteroatoms. The summed E-state index contributed by atoms with van der Waals surface area (Å²) >= 11 is 0. The van der Waals surface area contributed by atoms with Crippen LogP contribution in [-0.4, -0.2) is 30.1 Å². The van der Waals surface area contributed by atoms with Crippen molar-refractivity contribution in [2.45, 2.75) is 13.0 Å². The van der Waals surface area contributed by atoms with E-state index < -0.39 is 5.97 Å². The molecule has 5 nitrogen and oxygen atoms in total. The standard InChI is InChI=1S/C13H16N2O3/c16-12(17)5-9-3-1-2-4-10(9)8-15-13(18)11-6-14-7-11/h1-4,11,14H,5-8H2,(H,15,18)(H,16,17). The molecule has 1 saturated heterocycles. The second kappa shape index (κ2) is 5.64. The lowest BCUT2D eigenvalue weighted by Gasteiger charge is -2.25. The van der Waals surface area contributed by atoms with E-state index in [-0.39, 0.29) is 18.2 Å². The van der Waals surface area contributed by atoms with Crippen molar-refractivity contribution in [2.75, 3.05) is 13.1 Å². The number of hydrogen-bond acceptors (Lipinski definition) is 3. The minimum Gasteiger partial charge on any atom is -0.481 e. The van der Waals surface area contributed by atoms with Crippen molar-refractivity contribution in [2.24, 2.45) is 5.92 Å². The second-order valence-corrected chi connectivity index (χ2v) is 4.41. The van der Waals surface area contributed by atoms with Crippen molar-refractivity contribution in [3.8, 4) is 0 Å². The molecule has 96 valence electrons. The van der Waals surface area contributed by atoms with Crippen LogP contribution in [0.1, 0.15) is 11.1 Å². The van der Waals surface area contributed by atoms with Crippen LogP contribution in [-0.2, 0) is 22.6 Å². The van der Waals surface area contributed by atoms with E-state index in [1.807, 2.05) is 12.1 Å². The van der Waals surface area contributed by atoms with Gasteiger partial charge in [0.05, 0.1) is 12.3 Å². The molecule has 0 unspecified atom stereocenters. The van der Waals surface area contributed by atoms with Gasteiger partial charge in [-0.05, 0) is 11.1 Å². The first-order valence-corrected chi connectivity index (χ1v) is 5.94. The molecule has 1 aliphatic rings. The van der Waals surface area contributed by atoms with E-state index in [0.29, 0.717) is 6.54 Å². The summed E-state index contributed by atoms with van der Waals surface area (Å²) in [6.45, 7) is 1.84. The van der Waals surface area contributed by atoms with Crippen molar-refractivity contribution in [1.29, 1.82) is 0 Å². The predicted molar refractivity (Wildman–Crippen MR) is 66.0 cm³/mol. The fourth-order valence-corrected chi connectivity index (χ4v) is 1.87. The van der Waals surface area contributed by atoms with Gasteiger partial charge in [0.25, 0.3) is 0 Å². The van der Waals surface area contributed by atoms with E-state index in [1.54, 1.807) is 12.1 Å². The van der Waals surface area contributed by atoms with Crippen molar-refractivity contribution in [3.05, 3.63) is 35.4 Å². The average Bonchev–Trinajstić information content (AvgIpc) is 2.25. The number of rotatable bonds is 5. The van der Waals surface area contributed by atoms with Crippen LogP contribution in [0.15, 0.2) is 24.3 Å². The monoisotopic (exact) mass is 248 g/mol. The average molecular weight is 248 g/mol. The van der Waals surface area contributed by atoms with Crippen LogP contribution in [0.3, 0.4) is 0 Å². The Bertz CT molecular complexity index is 455. The highest BCUT2D eigenvalue weighted by molar-refractivity contribution is 5.80. The number of benzene rings is 1. The first kappa shape index (κ1) is 12.6. The lowest BCUT2D eigenvalue weighted by molar-refractivity contribution is -0.136. The number of carbonyl (C=O) groups is 2. The summed E-state index contributed by atoms with van der Waals surface area (Å²) in [4.78, 5) is 22.4. The smallest absolute Gasteiger partial charge is 0.307 e. The number of nitrogens with one attached hydrogen (secondary N) is 2. The molecule has 0 saturated carbocycles. The van der Waals surface area contributed by atoms with E-state index in [9.17, 15) is 9.59 Å². The molecule has 1 amide bonds. The largest absolute Gasteiger partial charge is 0.481 e. The van der Waals surface area contributed by atoms with Crippen molar-refractivity contribution in [1.82, 2.24) is 10.6 Å². The molecule has 3 N–H and O–H groups in total. The maximum absolute atomic E-state index is 11.7. The van der Waals surface area contributed by atoms with Gasteiger partial charge in [0.15, 0.2) is 0 Å². The normalized spacial score (nSPS) is 14.9. The topological polar surface area (TPSA) is 78.4 Å². The van der Waals surface area contributed by atoms with E-state index in [4.69, 9.17) is 5.11 Å². The molecule has 0 spiro atoms. The number of aliphatic carboxylic acids is 1. The van der Waals surface area contributed by atoms with E-state index in [1.165, 1.54) is 0 Å². The van der Waals surface area contributed by atoms with Gasteiger partial charge in [0.1, 0.15) is 0 Å². The molecule has 0 bridgehead atoms. The number of hydrogen-bond donors (Lipinski definition) is 3. The zero-order chi connectivity index (χ0) is 13.0.